The molecule has 0 saturated carbocycles. The maximum absolute atomic E-state index is 12.3. The average Bonchev–Trinajstić information content (AvgIpc) is 3.19. The van der Waals surface area contributed by atoms with Gasteiger partial charge >= 0.3 is 0 Å². The van der Waals surface area contributed by atoms with Crippen LogP contribution >= 0.6 is 34.4 Å². The Bertz CT molecular complexity index is 944. The second kappa shape index (κ2) is 7.72. The molecule has 3 aromatic heterocycles. The summed E-state index contributed by atoms with van der Waals surface area (Å²) in [6.45, 7) is 6.36. The zero-order chi connectivity index (χ0) is 18.0. The predicted octanol–water partition coefficient (Wildman–Crippen LogP) is 3.60. The molecule has 8 heteroatoms. The minimum Gasteiger partial charge on any atom is -0.350 e. The van der Waals surface area contributed by atoms with E-state index in [0.717, 1.165) is 20.1 Å². The molecule has 2 N–H and O–H groups in total. The van der Waals surface area contributed by atoms with E-state index in [2.05, 4.69) is 15.3 Å². The molecule has 1 atom stereocenters. The smallest absolute Gasteiger partial charge is 0.259 e. The van der Waals surface area contributed by atoms with E-state index in [1.807, 2.05) is 38.3 Å². The summed E-state index contributed by atoms with van der Waals surface area (Å²) in [6, 6.07) is 3.97. The van der Waals surface area contributed by atoms with Crippen LogP contribution in [0.1, 0.15) is 28.1 Å². The summed E-state index contributed by atoms with van der Waals surface area (Å²) in [5, 5.41) is 5.39. The molecule has 0 bridgehead atoms. The monoisotopic (exact) mass is 393 g/mol. The molecule has 0 spiro atoms. The minimum absolute atomic E-state index is 0.00959. The number of thioether (sulfide) groups is 1. The fourth-order valence-corrected chi connectivity index (χ4v) is 4.85. The summed E-state index contributed by atoms with van der Waals surface area (Å²) < 4.78 is 0. The van der Waals surface area contributed by atoms with Crippen molar-refractivity contribution in [2.45, 2.75) is 38.3 Å². The summed E-state index contributed by atoms with van der Waals surface area (Å²) in [6.07, 6.45) is 0. The van der Waals surface area contributed by atoms with Gasteiger partial charge < -0.3 is 10.3 Å². The number of hydrogen-bond acceptors (Lipinski definition) is 6. The van der Waals surface area contributed by atoms with Crippen LogP contribution in [-0.4, -0.2) is 21.1 Å². The summed E-state index contributed by atoms with van der Waals surface area (Å²) in [5.74, 6) is 1.10. The van der Waals surface area contributed by atoms with Gasteiger partial charge in [0.15, 0.2) is 0 Å². The first kappa shape index (κ1) is 18.2. The molecule has 0 aliphatic rings. The summed E-state index contributed by atoms with van der Waals surface area (Å²) in [7, 11) is 0. The van der Waals surface area contributed by atoms with Gasteiger partial charge in [-0.2, -0.15) is 0 Å². The van der Waals surface area contributed by atoms with Crippen LogP contribution in [0.25, 0.3) is 10.2 Å². The fraction of sp³-hybridized carbons (Fsp3) is 0.353. The van der Waals surface area contributed by atoms with E-state index in [9.17, 15) is 9.59 Å². The summed E-state index contributed by atoms with van der Waals surface area (Å²) in [5.41, 5.74) is 0.895. The number of aromatic amines is 1. The quantitative estimate of drug-likeness (QED) is 0.671. The first-order valence-electron chi connectivity index (χ1n) is 7.86. The Balaban J connectivity index is 1.61. The minimum atomic E-state index is -0.215. The number of H-pyrrole nitrogens is 1. The Labute approximate surface area is 157 Å². The van der Waals surface area contributed by atoms with Gasteiger partial charge in [-0.3, -0.25) is 9.59 Å². The number of nitrogens with zero attached hydrogens (tertiary/aromatic N) is 1. The van der Waals surface area contributed by atoms with E-state index in [1.165, 1.54) is 23.1 Å². The van der Waals surface area contributed by atoms with Gasteiger partial charge in [0, 0.05) is 9.75 Å². The van der Waals surface area contributed by atoms with Crippen molar-refractivity contribution in [2.24, 2.45) is 0 Å². The number of thiophene rings is 2. The lowest BCUT2D eigenvalue weighted by molar-refractivity contribution is -0.120. The lowest BCUT2D eigenvalue weighted by Crippen LogP contribution is -2.30. The molecule has 0 radical (unpaired) electrons. The number of hydrogen-bond donors (Lipinski definition) is 2. The molecule has 3 aromatic rings. The molecule has 25 heavy (non-hydrogen) atoms. The summed E-state index contributed by atoms with van der Waals surface area (Å²) >= 11 is 4.62. The van der Waals surface area contributed by atoms with Gasteiger partial charge in [0.05, 0.1) is 22.9 Å². The van der Waals surface area contributed by atoms with Gasteiger partial charge in [0.25, 0.3) is 5.56 Å². The highest BCUT2D eigenvalue weighted by atomic mass is 32.2. The van der Waals surface area contributed by atoms with Gasteiger partial charge in [0.2, 0.25) is 5.91 Å². The third-order valence-electron chi connectivity index (χ3n) is 3.94. The van der Waals surface area contributed by atoms with E-state index in [-0.39, 0.29) is 16.7 Å². The second-order valence-electron chi connectivity index (χ2n) is 5.73. The van der Waals surface area contributed by atoms with Crippen LogP contribution in [0.15, 0.2) is 22.3 Å². The van der Waals surface area contributed by atoms with E-state index in [4.69, 9.17) is 0 Å². The van der Waals surface area contributed by atoms with Crippen molar-refractivity contribution in [3.05, 3.63) is 49.0 Å². The van der Waals surface area contributed by atoms with Crippen LogP contribution < -0.4 is 10.9 Å². The molecule has 0 aliphatic heterocycles. The van der Waals surface area contributed by atoms with E-state index < -0.39 is 0 Å². The zero-order valence-electron chi connectivity index (χ0n) is 14.2. The number of aryl methyl sites for hydroxylation is 2. The molecule has 0 fully saturated rings. The molecule has 132 valence electrons. The molecule has 1 unspecified atom stereocenters. The third-order valence-corrected chi connectivity index (χ3v) is 7.08. The Morgan fingerprint density at radius 2 is 2.24 bits per heavy atom. The molecule has 0 aliphatic carbocycles. The summed E-state index contributed by atoms with van der Waals surface area (Å²) in [4.78, 5) is 34.8. The highest BCUT2D eigenvalue weighted by molar-refractivity contribution is 7.99. The van der Waals surface area contributed by atoms with Gasteiger partial charge in [-0.15, -0.1) is 34.4 Å². The first-order chi connectivity index (χ1) is 12.0. The Morgan fingerprint density at radius 1 is 1.44 bits per heavy atom. The number of carbonyl (C=O) groups excluding carboxylic acids is 1. The maximum atomic E-state index is 12.3. The molecule has 0 saturated heterocycles. The van der Waals surface area contributed by atoms with Crippen molar-refractivity contribution in [2.75, 3.05) is 0 Å². The maximum Gasteiger partial charge on any atom is 0.259 e. The first-order valence-corrected chi connectivity index (χ1v) is 10.6. The zero-order valence-corrected chi connectivity index (χ0v) is 16.7. The van der Waals surface area contributed by atoms with Crippen LogP contribution in [-0.2, 0) is 17.1 Å². The van der Waals surface area contributed by atoms with Crippen LogP contribution in [0.3, 0.4) is 0 Å². The molecular formula is C17H19N3O2S3. The molecule has 5 nitrogen and oxygen atoms in total. The predicted molar refractivity (Wildman–Crippen MR) is 107 cm³/mol. The number of fused-ring (bicyclic) bond motifs is 1. The average molecular weight is 394 g/mol. The number of nitrogens with one attached hydrogen (secondary N) is 2. The van der Waals surface area contributed by atoms with Crippen molar-refractivity contribution in [3.63, 3.8) is 0 Å². The van der Waals surface area contributed by atoms with Crippen LogP contribution in [0.2, 0.25) is 0 Å². The van der Waals surface area contributed by atoms with Crippen molar-refractivity contribution >= 4 is 50.6 Å². The van der Waals surface area contributed by atoms with Crippen molar-refractivity contribution in [1.29, 1.82) is 0 Å². The second-order valence-corrected chi connectivity index (χ2v) is 9.29. The highest BCUT2D eigenvalue weighted by Gasteiger charge is 2.16. The van der Waals surface area contributed by atoms with Gasteiger partial charge in [-0.05, 0) is 37.8 Å². The standard InChI is InChI=1S/C17H19N3O2S3/c1-9-10(2)25-17-14(9)16(22)19-13(20-17)8-24-11(3)15(21)18-7-12-5-4-6-23-12/h4-6,11H,7-8H2,1-3H3,(H,18,21)(H,19,20,22). The SMILES string of the molecule is Cc1sc2nc(CSC(C)C(=O)NCc3cccs3)[nH]c(=O)c2c1C. The third kappa shape index (κ3) is 4.13. The van der Waals surface area contributed by atoms with Crippen molar-refractivity contribution in [1.82, 2.24) is 15.3 Å². The van der Waals surface area contributed by atoms with E-state index in [0.29, 0.717) is 23.5 Å². The normalized spacial score (nSPS) is 12.4. The number of aromatic nitrogens is 2. The van der Waals surface area contributed by atoms with Gasteiger partial charge in [-0.1, -0.05) is 6.07 Å². The fourth-order valence-electron chi connectivity index (χ4n) is 2.38. The lowest BCUT2D eigenvalue weighted by atomic mass is 10.2. The van der Waals surface area contributed by atoms with Crippen LogP contribution in [0, 0.1) is 13.8 Å². The van der Waals surface area contributed by atoms with E-state index in [1.54, 1.807) is 11.3 Å². The molecule has 3 rings (SSSR count). The Kier molecular flexibility index (Phi) is 5.61. The number of carbonyl (C=O) groups is 1. The topological polar surface area (TPSA) is 74.8 Å². The van der Waals surface area contributed by atoms with Crippen LogP contribution in [0.4, 0.5) is 0 Å². The van der Waals surface area contributed by atoms with E-state index >= 15 is 0 Å². The molecule has 1 amide bonds. The molecular weight excluding hydrogens is 374 g/mol. The number of rotatable bonds is 6. The lowest BCUT2D eigenvalue weighted by Gasteiger charge is -2.11. The Morgan fingerprint density at radius 3 is 2.96 bits per heavy atom. The van der Waals surface area contributed by atoms with Crippen LogP contribution in [0.5, 0.6) is 0 Å². The van der Waals surface area contributed by atoms with Crippen molar-refractivity contribution in [3.8, 4) is 0 Å². The van der Waals surface area contributed by atoms with Gasteiger partial charge in [0.1, 0.15) is 10.7 Å². The van der Waals surface area contributed by atoms with Gasteiger partial charge in [-0.25, -0.2) is 4.98 Å². The number of amides is 1. The largest absolute Gasteiger partial charge is 0.350 e. The highest BCUT2D eigenvalue weighted by Crippen LogP contribution is 2.26. The van der Waals surface area contributed by atoms with Crippen molar-refractivity contribution < 1.29 is 4.79 Å². The Hall–Kier alpha value is -1.64. The molecule has 3 heterocycles. The molecule has 0 aromatic carbocycles.